The lowest BCUT2D eigenvalue weighted by Crippen LogP contribution is -2.17. The van der Waals surface area contributed by atoms with Gasteiger partial charge in [-0.3, -0.25) is 4.79 Å². The summed E-state index contributed by atoms with van der Waals surface area (Å²) in [7, 11) is 4.56. The number of ether oxygens (including phenoxy) is 1. The Balaban J connectivity index is 2.95. The van der Waals surface area contributed by atoms with Crippen molar-refractivity contribution in [2.75, 3.05) is 21.2 Å². The minimum Gasteiger partial charge on any atom is -0.464 e. The monoisotopic (exact) mass is 240 g/mol. The molecule has 1 heterocycles. The van der Waals surface area contributed by atoms with Crippen LogP contribution >= 0.6 is 11.8 Å². The number of rotatable bonds is 2. The molecule has 1 rings (SSSR count). The molecule has 0 aliphatic carbocycles. The number of carbonyl (C=O) groups is 2. The summed E-state index contributed by atoms with van der Waals surface area (Å²) in [4.78, 5) is 28.7. The van der Waals surface area contributed by atoms with Gasteiger partial charge in [0.25, 0.3) is 5.24 Å². The second-order valence-corrected chi connectivity index (χ2v) is 4.10. The first-order valence-electron chi connectivity index (χ1n) is 4.48. The lowest BCUT2D eigenvalue weighted by molar-refractivity contribution is 0.0589. The quantitative estimate of drug-likeness (QED) is 0.581. The molecule has 0 aliphatic rings. The third-order valence-corrected chi connectivity index (χ3v) is 2.80. The third-order valence-electron chi connectivity index (χ3n) is 1.71. The number of methoxy groups -OCH3 is 1. The van der Waals surface area contributed by atoms with Gasteiger partial charge in [-0.15, -0.1) is 0 Å². The fourth-order valence-electron chi connectivity index (χ4n) is 0.908. The van der Waals surface area contributed by atoms with Crippen molar-refractivity contribution >= 4 is 23.0 Å². The average molecular weight is 240 g/mol. The number of hydrogen-bond acceptors (Lipinski definition) is 5. The standard InChI is InChI=1S/C10H12N2O3S/c1-12(2)10(14)16-7-5-4-6-11-8(7)9(13)15-3/h4-6H,1-3H3. The maximum Gasteiger partial charge on any atom is 0.357 e. The van der Waals surface area contributed by atoms with Crippen molar-refractivity contribution in [2.24, 2.45) is 0 Å². The van der Waals surface area contributed by atoms with Gasteiger partial charge in [0.2, 0.25) is 0 Å². The van der Waals surface area contributed by atoms with Crippen LogP contribution in [0.3, 0.4) is 0 Å². The van der Waals surface area contributed by atoms with Gasteiger partial charge in [0, 0.05) is 20.3 Å². The topological polar surface area (TPSA) is 59.5 Å². The van der Waals surface area contributed by atoms with E-state index in [2.05, 4.69) is 9.72 Å². The van der Waals surface area contributed by atoms with E-state index in [1.165, 1.54) is 18.2 Å². The van der Waals surface area contributed by atoms with Crippen LogP contribution in [0.4, 0.5) is 4.79 Å². The lowest BCUT2D eigenvalue weighted by atomic mass is 10.3. The Bertz CT molecular complexity index is 407. The van der Waals surface area contributed by atoms with E-state index < -0.39 is 5.97 Å². The third kappa shape index (κ3) is 2.96. The minimum absolute atomic E-state index is 0.158. The van der Waals surface area contributed by atoms with Crippen molar-refractivity contribution in [3.05, 3.63) is 24.0 Å². The maximum atomic E-state index is 11.5. The van der Waals surface area contributed by atoms with Crippen molar-refractivity contribution in [1.29, 1.82) is 0 Å². The first-order valence-corrected chi connectivity index (χ1v) is 5.30. The molecule has 0 bridgehead atoms. The molecule has 0 aliphatic heterocycles. The fourth-order valence-corrected chi connectivity index (χ4v) is 1.66. The van der Waals surface area contributed by atoms with E-state index >= 15 is 0 Å². The molecule has 0 fully saturated rings. The zero-order valence-electron chi connectivity index (χ0n) is 9.26. The number of hydrogen-bond donors (Lipinski definition) is 0. The summed E-state index contributed by atoms with van der Waals surface area (Å²) in [5.41, 5.74) is 0.158. The van der Waals surface area contributed by atoms with Crippen molar-refractivity contribution in [2.45, 2.75) is 4.90 Å². The molecule has 5 nitrogen and oxygen atoms in total. The predicted molar refractivity (Wildman–Crippen MR) is 60.5 cm³/mol. The Hall–Kier alpha value is -1.56. The highest BCUT2D eigenvalue weighted by Gasteiger charge is 2.16. The Morgan fingerprint density at radius 2 is 2.12 bits per heavy atom. The molecule has 0 atom stereocenters. The van der Waals surface area contributed by atoms with E-state index in [1.54, 1.807) is 26.2 Å². The average Bonchev–Trinajstić information content (AvgIpc) is 2.28. The summed E-state index contributed by atoms with van der Waals surface area (Å²) in [5, 5.41) is -0.168. The zero-order valence-corrected chi connectivity index (χ0v) is 10.1. The molecular formula is C10H12N2O3S. The summed E-state index contributed by atoms with van der Waals surface area (Å²) in [6.07, 6.45) is 1.48. The molecule has 0 radical (unpaired) electrons. The molecule has 0 aromatic carbocycles. The largest absolute Gasteiger partial charge is 0.464 e. The fraction of sp³-hybridized carbons (Fsp3) is 0.300. The van der Waals surface area contributed by atoms with Crippen LogP contribution in [0.2, 0.25) is 0 Å². The zero-order chi connectivity index (χ0) is 12.1. The van der Waals surface area contributed by atoms with Gasteiger partial charge in [0.1, 0.15) is 0 Å². The number of carbonyl (C=O) groups excluding carboxylic acids is 2. The molecule has 0 spiro atoms. The maximum absolute atomic E-state index is 11.5. The van der Waals surface area contributed by atoms with E-state index in [0.717, 1.165) is 11.8 Å². The molecule has 1 amide bonds. The highest BCUT2D eigenvalue weighted by Crippen LogP contribution is 2.23. The van der Waals surface area contributed by atoms with Crippen LogP contribution in [0.1, 0.15) is 10.5 Å². The van der Waals surface area contributed by atoms with Gasteiger partial charge in [0.15, 0.2) is 5.69 Å². The summed E-state index contributed by atoms with van der Waals surface area (Å²) in [5.74, 6) is -0.547. The van der Waals surface area contributed by atoms with Gasteiger partial charge >= 0.3 is 5.97 Å². The Kier molecular flexibility index (Phi) is 4.30. The molecule has 0 saturated carbocycles. The lowest BCUT2D eigenvalue weighted by Gasteiger charge is -2.10. The summed E-state index contributed by atoms with van der Waals surface area (Å²) >= 11 is 0.946. The summed E-state index contributed by atoms with van der Waals surface area (Å²) in [6.45, 7) is 0. The second-order valence-electron chi connectivity index (χ2n) is 3.10. The number of pyridine rings is 1. The molecule has 0 saturated heterocycles. The Morgan fingerprint density at radius 3 is 2.69 bits per heavy atom. The SMILES string of the molecule is COC(=O)c1ncccc1SC(=O)N(C)C. The predicted octanol–water partition coefficient (Wildman–Crippen LogP) is 1.64. The highest BCUT2D eigenvalue weighted by molar-refractivity contribution is 8.13. The second kappa shape index (κ2) is 5.50. The number of nitrogens with zero attached hydrogens (tertiary/aromatic N) is 2. The van der Waals surface area contributed by atoms with Crippen LogP contribution in [0.5, 0.6) is 0 Å². The van der Waals surface area contributed by atoms with Crippen LogP contribution in [-0.2, 0) is 4.74 Å². The Labute approximate surface area is 97.8 Å². The highest BCUT2D eigenvalue weighted by atomic mass is 32.2. The van der Waals surface area contributed by atoms with Gasteiger partial charge < -0.3 is 9.64 Å². The summed E-state index contributed by atoms with van der Waals surface area (Å²) < 4.78 is 4.58. The van der Waals surface area contributed by atoms with Crippen LogP contribution in [0.15, 0.2) is 23.2 Å². The van der Waals surface area contributed by atoms with E-state index in [9.17, 15) is 9.59 Å². The number of aromatic nitrogens is 1. The smallest absolute Gasteiger partial charge is 0.357 e. The van der Waals surface area contributed by atoms with E-state index in [-0.39, 0.29) is 10.9 Å². The molecule has 6 heteroatoms. The van der Waals surface area contributed by atoms with Gasteiger partial charge in [-0.05, 0) is 23.9 Å². The van der Waals surface area contributed by atoms with Crippen LogP contribution in [0, 0.1) is 0 Å². The number of amides is 1. The van der Waals surface area contributed by atoms with E-state index in [4.69, 9.17) is 0 Å². The summed E-state index contributed by atoms with van der Waals surface area (Å²) in [6, 6.07) is 3.32. The Morgan fingerprint density at radius 1 is 1.44 bits per heavy atom. The molecule has 0 unspecified atom stereocenters. The van der Waals surface area contributed by atoms with Crippen LogP contribution in [0.25, 0.3) is 0 Å². The minimum atomic E-state index is -0.547. The van der Waals surface area contributed by atoms with Gasteiger partial charge in [0.05, 0.1) is 12.0 Å². The number of esters is 1. The molecule has 1 aromatic heterocycles. The van der Waals surface area contributed by atoms with Crippen LogP contribution < -0.4 is 0 Å². The van der Waals surface area contributed by atoms with E-state index in [1.807, 2.05) is 0 Å². The molecule has 16 heavy (non-hydrogen) atoms. The first kappa shape index (κ1) is 12.5. The normalized spacial score (nSPS) is 9.69. The first-order chi connectivity index (χ1) is 7.56. The van der Waals surface area contributed by atoms with E-state index in [0.29, 0.717) is 4.90 Å². The molecule has 0 N–H and O–H groups in total. The van der Waals surface area contributed by atoms with Crippen molar-refractivity contribution in [3.8, 4) is 0 Å². The van der Waals surface area contributed by atoms with Crippen molar-refractivity contribution in [3.63, 3.8) is 0 Å². The van der Waals surface area contributed by atoms with Crippen molar-refractivity contribution < 1.29 is 14.3 Å². The van der Waals surface area contributed by atoms with Crippen LogP contribution in [-0.4, -0.2) is 42.3 Å². The van der Waals surface area contributed by atoms with Gasteiger partial charge in [-0.1, -0.05) is 0 Å². The van der Waals surface area contributed by atoms with Crippen molar-refractivity contribution in [1.82, 2.24) is 9.88 Å². The number of thioether (sulfide) groups is 1. The molecule has 1 aromatic rings. The molecular weight excluding hydrogens is 228 g/mol. The van der Waals surface area contributed by atoms with Gasteiger partial charge in [-0.2, -0.15) is 0 Å². The molecule has 86 valence electrons. The van der Waals surface area contributed by atoms with Gasteiger partial charge in [-0.25, -0.2) is 9.78 Å².